The first-order valence-electron chi connectivity index (χ1n) is 7.37. The summed E-state index contributed by atoms with van der Waals surface area (Å²) in [6.07, 6.45) is 10.2. The van der Waals surface area contributed by atoms with Crippen LogP contribution in [0.4, 0.5) is 0 Å². The third kappa shape index (κ3) is 17.7. The standard InChI is InChI=1S/C15H31NO2.ClH/c1-15(2,3)18-14(17)12-10-8-6-4-5-7-9-11-13-16;/h4-13,16H2,1-3H3;1H. The molecule has 0 atom stereocenters. The highest BCUT2D eigenvalue weighted by Gasteiger charge is 2.15. The van der Waals surface area contributed by atoms with Gasteiger partial charge in [0.05, 0.1) is 0 Å². The maximum absolute atomic E-state index is 11.4. The van der Waals surface area contributed by atoms with Crippen molar-refractivity contribution in [3.05, 3.63) is 0 Å². The number of esters is 1. The van der Waals surface area contributed by atoms with Gasteiger partial charge in [-0.15, -0.1) is 12.4 Å². The molecule has 0 aromatic carbocycles. The Balaban J connectivity index is 0. The van der Waals surface area contributed by atoms with Gasteiger partial charge in [-0.3, -0.25) is 4.79 Å². The van der Waals surface area contributed by atoms with E-state index in [1.165, 1.54) is 32.1 Å². The Morgan fingerprint density at radius 2 is 1.32 bits per heavy atom. The smallest absolute Gasteiger partial charge is 0.306 e. The van der Waals surface area contributed by atoms with Gasteiger partial charge in [-0.05, 0) is 40.2 Å². The summed E-state index contributed by atoms with van der Waals surface area (Å²) in [4.78, 5) is 11.4. The monoisotopic (exact) mass is 293 g/mol. The highest BCUT2D eigenvalue weighted by molar-refractivity contribution is 5.85. The van der Waals surface area contributed by atoms with Gasteiger partial charge in [-0.25, -0.2) is 0 Å². The first-order valence-corrected chi connectivity index (χ1v) is 7.37. The Hall–Kier alpha value is -0.280. The highest BCUT2D eigenvalue weighted by atomic mass is 35.5. The zero-order valence-corrected chi connectivity index (χ0v) is 13.7. The maximum atomic E-state index is 11.4. The predicted molar refractivity (Wildman–Crippen MR) is 83.7 cm³/mol. The molecular weight excluding hydrogens is 262 g/mol. The third-order valence-corrected chi connectivity index (χ3v) is 2.76. The molecule has 2 N–H and O–H groups in total. The number of carbonyl (C=O) groups is 1. The molecule has 0 aromatic heterocycles. The molecule has 3 nitrogen and oxygen atoms in total. The molecule has 4 heteroatoms. The van der Waals surface area contributed by atoms with Crippen molar-refractivity contribution < 1.29 is 9.53 Å². The van der Waals surface area contributed by atoms with Crippen LogP contribution >= 0.6 is 12.4 Å². The zero-order chi connectivity index (χ0) is 13.9. The lowest BCUT2D eigenvalue weighted by atomic mass is 10.1. The van der Waals surface area contributed by atoms with Gasteiger partial charge in [0.15, 0.2) is 0 Å². The summed E-state index contributed by atoms with van der Waals surface area (Å²) in [6, 6.07) is 0. The van der Waals surface area contributed by atoms with Crippen LogP contribution in [0.2, 0.25) is 0 Å². The molecule has 0 aliphatic heterocycles. The molecule has 0 radical (unpaired) electrons. The number of unbranched alkanes of at least 4 members (excludes halogenated alkanes) is 7. The quantitative estimate of drug-likeness (QED) is 0.485. The average Bonchev–Trinajstić information content (AvgIpc) is 2.24. The Bertz CT molecular complexity index is 215. The lowest BCUT2D eigenvalue weighted by molar-refractivity contribution is -0.154. The molecule has 0 fully saturated rings. The molecule has 0 bridgehead atoms. The van der Waals surface area contributed by atoms with Gasteiger partial charge in [0, 0.05) is 6.42 Å². The van der Waals surface area contributed by atoms with E-state index >= 15 is 0 Å². The second-order valence-corrected chi connectivity index (χ2v) is 5.95. The molecule has 0 amide bonds. The Kier molecular flexibility index (Phi) is 14.1. The number of carbonyl (C=O) groups excluding carboxylic acids is 1. The van der Waals surface area contributed by atoms with E-state index in [1.54, 1.807) is 0 Å². The summed E-state index contributed by atoms with van der Waals surface area (Å²) in [7, 11) is 0. The molecule has 19 heavy (non-hydrogen) atoms. The van der Waals surface area contributed by atoms with Crippen molar-refractivity contribution in [1.29, 1.82) is 0 Å². The lowest BCUT2D eigenvalue weighted by Gasteiger charge is -2.19. The summed E-state index contributed by atoms with van der Waals surface area (Å²) in [6.45, 7) is 6.54. The van der Waals surface area contributed by atoms with E-state index in [2.05, 4.69) is 0 Å². The summed E-state index contributed by atoms with van der Waals surface area (Å²) < 4.78 is 5.26. The molecule has 116 valence electrons. The molecule has 0 heterocycles. The van der Waals surface area contributed by atoms with Crippen molar-refractivity contribution in [3.8, 4) is 0 Å². The number of rotatable bonds is 10. The predicted octanol–water partition coefficient (Wildman–Crippen LogP) is 4.22. The van der Waals surface area contributed by atoms with Gasteiger partial charge in [-0.2, -0.15) is 0 Å². The summed E-state index contributed by atoms with van der Waals surface area (Å²) >= 11 is 0. The third-order valence-electron chi connectivity index (χ3n) is 2.76. The van der Waals surface area contributed by atoms with Gasteiger partial charge < -0.3 is 10.5 Å². The van der Waals surface area contributed by atoms with Gasteiger partial charge in [0.1, 0.15) is 5.60 Å². The van der Waals surface area contributed by atoms with Gasteiger partial charge in [-0.1, -0.05) is 38.5 Å². The van der Waals surface area contributed by atoms with E-state index in [0.29, 0.717) is 6.42 Å². The van der Waals surface area contributed by atoms with Crippen LogP contribution in [0.3, 0.4) is 0 Å². The topological polar surface area (TPSA) is 52.3 Å². The molecule has 0 aliphatic rings. The molecule has 0 aliphatic carbocycles. The summed E-state index contributed by atoms with van der Waals surface area (Å²) in [5.41, 5.74) is 5.09. The zero-order valence-electron chi connectivity index (χ0n) is 12.9. The highest BCUT2D eigenvalue weighted by Crippen LogP contribution is 2.12. The van der Waals surface area contributed by atoms with Crippen LogP contribution in [0.1, 0.15) is 78.6 Å². The Morgan fingerprint density at radius 1 is 0.895 bits per heavy atom. The summed E-state index contributed by atoms with van der Waals surface area (Å²) in [5, 5.41) is 0. The fourth-order valence-corrected chi connectivity index (χ4v) is 1.87. The van der Waals surface area contributed by atoms with E-state index in [0.717, 1.165) is 25.8 Å². The van der Waals surface area contributed by atoms with Crippen molar-refractivity contribution >= 4 is 18.4 Å². The van der Waals surface area contributed by atoms with Crippen molar-refractivity contribution in [2.24, 2.45) is 5.73 Å². The largest absolute Gasteiger partial charge is 0.460 e. The number of hydrogen-bond acceptors (Lipinski definition) is 3. The Labute approximate surface area is 125 Å². The number of nitrogens with two attached hydrogens (primary N) is 1. The SMILES string of the molecule is CC(C)(C)OC(=O)CCCCCCCCCCN.Cl. The molecule has 0 unspecified atom stereocenters. The lowest BCUT2D eigenvalue weighted by Crippen LogP contribution is -2.23. The first-order chi connectivity index (χ1) is 8.45. The molecule has 0 saturated carbocycles. The molecule has 0 saturated heterocycles. The second kappa shape index (κ2) is 12.7. The van der Waals surface area contributed by atoms with Crippen LogP contribution in [-0.2, 0) is 9.53 Å². The van der Waals surface area contributed by atoms with Gasteiger partial charge in [0.2, 0.25) is 0 Å². The van der Waals surface area contributed by atoms with Crippen LogP contribution < -0.4 is 5.73 Å². The van der Waals surface area contributed by atoms with E-state index < -0.39 is 0 Å². The van der Waals surface area contributed by atoms with Gasteiger partial charge >= 0.3 is 5.97 Å². The summed E-state index contributed by atoms with van der Waals surface area (Å²) in [5.74, 6) is -0.0644. The minimum atomic E-state index is -0.347. The second-order valence-electron chi connectivity index (χ2n) is 5.95. The molecule has 0 spiro atoms. The maximum Gasteiger partial charge on any atom is 0.306 e. The average molecular weight is 294 g/mol. The molecular formula is C15H32ClNO2. The number of halogens is 1. The van der Waals surface area contributed by atoms with Crippen LogP contribution in [0.15, 0.2) is 0 Å². The van der Waals surface area contributed by atoms with Crippen molar-refractivity contribution in [3.63, 3.8) is 0 Å². The van der Waals surface area contributed by atoms with E-state index in [9.17, 15) is 4.79 Å². The fraction of sp³-hybridized carbons (Fsp3) is 0.933. The van der Waals surface area contributed by atoms with Crippen LogP contribution in [0.25, 0.3) is 0 Å². The van der Waals surface area contributed by atoms with E-state index in [-0.39, 0.29) is 24.0 Å². The van der Waals surface area contributed by atoms with Gasteiger partial charge in [0.25, 0.3) is 0 Å². The van der Waals surface area contributed by atoms with Crippen molar-refractivity contribution in [2.45, 2.75) is 84.2 Å². The number of hydrogen-bond donors (Lipinski definition) is 1. The minimum absolute atomic E-state index is 0. The molecule has 0 aromatic rings. The van der Waals surface area contributed by atoms with Crippen molar-refractivity contribution in [1.82, 2.24) is 0 Å². The number of ether oxygens (including phenoxy) is 1. The van der Waals surface area contributed by atoms with E-state index in [1.807, 2.05) is 20.8 Å². The van der Waals surface area contributed by atoms with Crippen LogP contribution in [0, 0.1) is 0 Å². The molecule has 0 rings (SSSR count). The first kappa shape index (κ1) is 21.0. The van der Waals surface area contributed by atoms with E-state index in [4.69, 9.17) is 10.5 Å². The Morgan fingerprint density at radius 3 is 1.74 bits per heavy atom. The van der Waals surface area contributed by atoms with Crippen LogP contribution in [0.5, 0.6) is 0 Å². The normalized spacial score (nSPS) is 10.9. The minimum Gasteiger partial charge on any atom is -0.460 e. The fourth-order valence-electron chi connectivity index (χ4n) is 1.87. The van der Waals surface area contributed by atoms with Crippen molar-refractivity contribution in [2.75, 3.05) is 6.54 Å². The van der Waals surface area contributed by atoms with Crippen LogP contribution in [-0.4, -0.2) is 18.1 Å².